The fourth-order valence-corrected chi connectivity index (χ4v) is 2.95. The van der Waals surface area contributed by atoms with Crippen LogP contribution < -0.4 is 4.74 Å². The Morgan fingerprint density at radius 3 is 2.83 bits per heavy atom. The van der Waals surface area contributed by atoms with Crippen LogP contribution in [0.4, 0.5) is 8.78 Å². The molecule has 0 bridgehead atoms. The SMILES string of the molecule is C[C@H](Oc1ccc(F)c(F)c1)C(=O)N1CCC[C@H]1c1ccccn1. The normalized spacial score (nSPS) is 18.5. The summed E-state index contributed by atoms with van der Waals surface area (Å²) in [6.07, 6.45) is 2.66. The number of rotatable bonds is 4. The summed E-state index contributed by atoms with van der Waals surface area (Å²) in [4.78, 5) is 18.8. The largest absolute Gasteiger partial charge is 0.481 e. The first-order chi connectivity index (χ1) is 11.6. The van der Waals surface area contributed by atoms with E-state index in [1.807, 2.05) is 18.2 Å². The van der Waals surface area contributed by atoms with E-state index in [0.29, 0.717) is 6.54 Å². The average Bonchev–Trinajstić information content (AvgIpc) is 3.08. The van der Waals surface area contributed by atoms with Crippen molar-refractivity contribution in [2.24, 2.45) is 0 Å². The maximum absolute atomic E-state index is 13.3. The van der Waals surface area contributed by atoms with Crippen molar-refractivity contribution >= 4 is 5.91 Å². The molecule has 0 spiro atoms. The van der Waals surface area contributed by atoms with E-state index in [2.05, 4.69) is 4.98 Å². The second-order valence-corrected chi connectivity index (χ2v) is 5.78. The number of amides is 1. The van der Waals surface area contributed by atoms with Crippen molar-refractivity contribution in [1.82, 2.24) is 9.88 Å². The van der Waals surface area contributed by atoms with Crippen molar-refractivity contribution in [1.29, 1.82) is 0 Å². The highest BCUT2D eigenvalue weighted by atomic mass is 19.2. The number of nitrogens with zero attached hydrogens (tertiary/aromatic N) is 2. The van der Waals surface area contributed by atoms with Crippen molar-refractivity contribution in [2.45, 2.75) is 31.9 Å². The Morgan fingerprint density at radius 1 is 1.29 bits per heavy atom. The standard InChI is InChI=1S/C18H18F2N2O2/c1-12(24-13-7-8-14(19)15(20)11-13)18(23)22-10-4-6-17(22)16-5-2-3-9-21-16/h2-3,5,7-9,11-12,17H,4,6,10H2,1H3/t12-,17-/m0/s1. The van der Waals surface area contributed by atoms with Gasteiger partial charge in [-0.15, -0.1) is 0 Å². The second kappa shape index (κ2) is 6.95. The molecule has 0 aliphatic carbocycles. The fraction of sp³-hybridized carbons (Fsp3) is 0.333. The third kappa shape index (κ3) is 3.37. The highest BCUT2D eigenvalue weighted by molar-refractivity contribution is 5.81. The first kappa shape index (κ1) is 16.4. The number of halogens is 2. The van der Waals surface area contributed by atoms with Crippen LogP contribution in [0.25, 0.3) is 0 Å². The van der Waals surface area contributed by atoms with Crippen LogP contribution in [-0.2, 0) is 4.79 Å². The summed E-state index contributed by atoms with van der Waals surface area (Å²) in [5, 5.41) is 0. The lowest BCUT2D eigenvalue weighted by Crippen LogP contribution is -2.40. The highest BCUT2D eigenvalue weighted by Gasteiger charge is 2.33. The van der Waals surface area contributed by atoms with Crippen molar-refractivity contribution in [2.75, 3.05) is 6.54 Å². The van der Waals surface area contributed by atoms with Crippen LogP contribution in [0.5, 0.6) is 5.75 Å². The molecule has 24 heavy (non-hydrogen) atoms. The molecule has 2 aromatic rings. The van der Waals surface area contributed by atoms with E-state index in [1.54, 1.807) is 18.0 Å². The minimum atomic E-state index is -1.00. The van der Waals surface area contributed by atoms with Gasteiger partial charge < -0.3 is 9.64 Å². The van der Waals surface area contributed by atoms with Gasteiger partial charge in [0.1, 0.15) is 5.75 Å². The zero-order chi connectivity index (χ0) is 17.1. The van der Waals surface area contributed by atoms with Crippen LogP contribution in [0.3, 0.4) is 0 Å². The van der Waals surface area contributed by atoms with Gasteiger partial charge in [-0.2, -0.15) is 0 Å². The van der Waals surface area contributed by atoms with Crippen molar-refractivity contribution in [3.8, 4) is 5.75 Å². The van der Waals surface area contributed by atoms with Crippen LogP contribution in [0.2, 0.25) is 0 Å². The molecule has 1 fully saturated rings. The number of aromatic nitrogens is 1. The average molecular weight is 332 g/mol. The Balaban J connectivity index is 1.71. The molecule has 6 heteroatoms. The van der Waals surface area contributed by atoms with E-state index in [4.69, 9.17) is 4.74 Å². The van der Waals surface area contributed by atoms with Gasteiger partial charge in [-0.1, -0.05) is 6.07 Å². The molecule has 0 radical (unpaired) electrons. The Bertz CT molecular complexity index is 724. The fourth-order valence-electron chi connectivity index (χ4n) is 2.95. The molecular formula is C18H18F2N2O2. The zero-order valence-corrected chi connectivity index (χ0v) is 13.3. The third-order valence-electron chi connectivity index (χ3n) is 4.12. The predicted octanol–water partition coefficient (Wildman–Crippen LogP) is 3.49. The van der Waals surface area contributed by atoms with Crippen LogP contribution in [0.1, 0.15) is 31.5 Å². The first-order valence-corrected chi connectivity index (χ1v) is 7.89. The number of hydrogen-bond acceptors (Lipinski definition) is 3. The molecule has 0 N–H and O–H groups in total. The Morgan fingerprint density at radius 2 is 2.12 bits per heavy atom. The summed E-state index contributed by atoms with van der Waals surface area (Å²) < 4.78 is 31.7. The van der Waals surface area contributed by atoms with Gasteiger partial charge in [0.2, 0.25) is 0 Å². The Labute approximate surface area is 139 Å². The molecule has 1 saturated heterocycles. The summed E-state index contributed by atoms with van der Waals surface area (Å²) in [5.74, 6) is -2.01. The van der Waals surface area contributed by atoms with Gasteiger partial charge >= 0.3 is 0 Å². The number of pyridine rings is 1. The van der Waals surface area contributed by atoms with E-state index in [-0.39, 0.29) is 17.7 Å². The van der Waals surface area contributed by atoms with Gasteiger partial charge in [0, 0.05) is 18.8 Å². The van der Waals surface area contributed by atoms with E-state index < -0.39 is 17.7 Å². The number of hydrogen-bond donors (Lipinski definition) is 0. The molecule has 4 nitrogen and oxygen atoms in total. The van der Waals surface area contributed by atoms with E-state index in [0.717, 1.165) is 30.7 Å². The van der Waals surface area contributed by atoms with Crippen molar-refractivity contribution < 1.29 is 18.3 Å². The van der Waals surface area contributed by atoms with Gasteiger partial charge in [-0.25, -0.2) is 8.78 Å². The molecule has 2 atom stereocenters. The number of benzene rings is 1. The molecule has 1 aliphatic heterocycles. The van der Waals surface area contributed by atoms with Crippen LogP contribution in [-0.4, -0.2) is 28.4 Å². The highest BCUT2D eigenvalue weighted by Crippen LogP contribution is 2.31. The molecule has 0 saturated carbocycles. The van der Waals surface area contributed by atoms with Crippen LogP contribution >= 0.6 is 0 Å². The number of ether oxygens (including phenoxy) is 1. The monoisotopic (exact) mass is 332 g/mol. The van der Waals surface area contributed by atoms with Crippen LogP contribution in [0.15, 0.2) is 42.6 Å². The summed E-state index contributed by atoms with van der Waals surface area (Å²) in [7, 11) is 0. The lowest BCUT2D eigenvalue weighted by atomic mass is 10.1. The number of carbonyl (C=O) groups excluding carboxylic acids is 1. The third-order valence-corrected chi connectivity index (χ3v) is 4.12. The molecule has 0 unspecified atom stereocenters. The first-order valence-electron chi connectivity index (χ1n) is 7.89. The van der Waals surface area contributed by atoms with Gasteiger partial charge in [-0.05, 0) is 44.0 Å². The second-order valence-electron chi connectivity index (χ2n) is 5.78. The Kier molecular flexibility index (Phi) is 4.74. The number of carbonyl (C=O) groups is 1. The molecule has 3 rings (SSSR count). The smallest absolute Gasteiger partial charge is 0.263 e. The Hall–Kier alpha value is -2.50. The molecule has 2 heterocycles. The molecular weight excluding hydrogens is 314 g/mol. The summed E-state index contributed by atoms with van der Waals surface area (Å²) >= 11 is 0. The predicted molar refractivity (Wildman–Crippen MR) is 84.4 cm³/mol. The lowest BCUT2D eigenvalue weighted by molar-refractivity contribution is -0.139. The van der Waals surface area contributed by atoms with Crippen molar-refractivity contribution in [3.05, 3.63) is 59.9 Å². The molecule has 1 amide bonds. The molecule has 1 aliphatic rings. The van der Waals surface area contributed by atoms with E-state index >= 15 is 0 Å². The minimum absolute atomic E-state index is 0.0743. The van der Waals surface area contributed by atoms with E-state index in [9.17, 15) is 13.6 Å². The van der Waals surface area contributed by atoms with Gasteiger partial charge in [0.25, 0.3) is 5.91 Å². The summed E-state index contributed by atoms with van der Waals surface area (Å²) in [6, 6.07) is 8.78. The molecule has 1 aromatic heterocycles. The van der Waals surface area contributed by atoms with Crippen LogP contribution in [0, 0.1) is 11.6 Å². The van der Waals surface area contributed by atoms with Gasteiger partial charge in [0.05, 0.1) is 11.7 Å². The van der Waals surface area contributed by atoms with E-state index in [1.165, 1.54) is 6.07 Å². The van der Waals surface area contributed by atoms with Crippen molar-refractivity contribution in [3.63, 3.8) is 0 Å². The summed E-state index contributed by atoms with van der Waals surface area (Å²) in [6.45, 7) is 2.24. The molecule has 126 valence electrons. The zero-order valence-electron chi connectivity index (χ0n) is 13.3. The summed E-state index contributed by atoms with van der Waals surface area (Å²) in [5.41, 5.74) is 0.850. The maximum atomic E-state index is 13.3. The molecule has 1 aromatic carbocycles. The lowest BCUT2D eigenvalue weighted by Gasteiger charge is -2.27. The van der Waals surface area contributed by atoms with Gasteiger partial charge in [0.15, 0.2) is 17.7 Å². The number of likely N-dealkylation sites (tertiary alicyclic amines) is 1. The topological polar surface area (TPSA) is 42.4 Å². The maximum Gasteiger partial charge on any atom is 0.263 e. The van der Waals surface area contributed by atoms with Gasteiger partial charge in [-0.3, -0.25) is 9.78 Å². The minimum Gasteiger partial charge on any atom is -0.481 e. The quantitative estimate of drug-likeness (QED) is 0.861.